The van der Waals surface area contributed by atoms with Gasteiger partial charge in [-0.15, -0.1) is 0 Å². The molecule has 2 amide bonds. The first-order chi connectivity index (χ1) is 8.16. The van der Waals surface area contributed by atoms with Crippen molar-refractivity contribution in [3.63, 3.8) is 0 Å². The van der Waals surface area contributed by atoms with Crippen molar-refractivity contribution >= 4 is 11.8 Å². The predicted molar refractivity (Wildman–Crippen MR) is 62.2 cm³/mol. The van der Waals surface area contributed by atoms with Gasteiger partial charge in [-0.1, -0.05) is 0 Å². The average molecular weight is 237 g/mol. The molecule has 3 rings (SSSR count). The normalized spacial score (nSPS) is 40.5. The van der Waals surface area contributed by atoms with Gasteiger partial charge in [0.1, 0.15) is 6.04 Å². The number of rotatable bonds is 1. The van der Waals surface area contributed by atoms with Crippen molar-refractivity contribution < 1.29 is 9.59 Å². The van der Waals surface area contributed by atoms with Crippen molar-refractivity contribution in [3.05, 3.63) is 0 Å². The van der Waals surface area contributed by atoms with Gasteiger partial charge in [-0.3, -0.25) is 9.59 Å². The van der Waals surface area contributed by atoms with Crippen LogP contribution in [0.25, 0.3) is 0 Å². The zero-order valence-electron chi connectivity index (χ0n) is 10.1. The Morgan fingerprint density at radius 2 is 2.24 bits per heavy atom. The minimum Gasteiger partial charge on any atom is -0.344 e. The molecule has 3 fully saturated rings. The summed E-state index contributed by atoms with van der Waals surface area (Å²) in [5.74, 6) is 0.738. The maximum absolute atomic E-state index is 12.4. The molecule has 0 aromatic rings. The number of hydrogen-bond donors (Lipinski definition) is 2. The molecule has 5 heteroatoms. The summed E-state index contributed by atoms with van der Waals surface area (Å²) < 4.78 is 0. The van der Waals surface area contributed by atoms with Crippen LogP contribution < -0.4 is 10.6 Å². The average Bonchev–Trinajstić information content (AvgIpc) is 2.92. The lowest BCUT2D eigenvalue weighted by atomic mass is 10.0. The maximum atomic E-state index is 12.4. The van der Waals surface area contributed by atoms with Gasteiger partial charge in [-0.05, 0) is 25.7 Å². The number of fused-ring (bicyclic) bond motifs is 1. The quantitative estimate of drug-likeness (QED) is 0.645. The number of nitrogens with zero attached hydrogens (tertiary/aromatic N) is 1. The Labute approximate surface area is 101 Å². The lowest BCUT2D eigenvalue weighted by Crippen LogP contribution is -2.50. The molecule has 3 aliphatic heterocycles. The third-order valence-electron chi connectivity index (χ3n) is 4.33. The molecule has 2 N–H and O–H groups in total. The summed E-state index contributed by atoms with van der Waals surface area (Å²) in [6, 6.07) is 0.386. The van der Waals surface area contributed by atoms with Gasteiger partial charge in [0.2, 0.25) is 11.8 Å². The van der Waals surface area contributed by atoms with Crippen molar-refractivity contribution in [2.45, 2.75) is 44.3 Å². The Morgan fingerprint density at radius 1 is 1.41 bits per heavy atom. The third-order valence-corrected chi connectivity index (χ3v) is 4.33. The molecule has 0 radical (unpaired) electrons. The highest BCUT2D eigenvalue weighted by atomic mass is 16.2. The SMILES string of the molecule is CC1CC2CNCC2N1C(=O)[C@H]1CCC(=O)N1. The molecule has 94 valence electrons. The minimum atomic E-state index is -0.274. The van der Waals surface area contributed by atoms with Crippen LogP contribution in [0.3, 0.4) is 0 Å². The Hall–Kier alpha value is -1.10. The number of nitrogens with one attached hydrogen (secondary N) is 2. The highest BCUT2D eigenvalue weighted by molar-refractivity contribution is 5.91. The highest BCUT2D eigenvalue weighted by Crippen LogP contribution is 2.33. The molecule has 3 saturated heterocycles. The summed E-state index contributed by atoms with van der Waals surface area (Å²) in [7, 11) is 0. The Balaban J connectivity index is 1.74. The number of carbonyl (C=O) groups is 2. The first kappa shape index (κ1) is 11.0. The second-order valence-corrected chi connectivity index (χ2v) is 5.47. The van der Waals surface area contributed by atoms with Crippen molar-refractivity contribution in [1.29, 1.82) is 0 Å². The van der Waals surface area contributed by atoms with Crippen molar-refractivity contribution in [3.8, 4) is 0 Å². The fraction of sp³-hybridized carbons (Fsp3) is 0.833. The van der Waals surface area contributed by atoms with E-state index < -0.39 is 0 Å². The number of likely N-dealkylation sites (tertiary alicyclic amines) is 1. The molecular weight excluding hydrogens is 218 g/mol. The van der Waals surface area contributed by atoms with Crippen LogP contribution in [0.5, 0.6) is 0 Å². The molecule has 3 aliphatic rings. The van der Waals surface area contributed by atoms with Crippen molar-refractivity contribution in [1.82, 2.24) is 15.5 Å². The Kier molecular flexibility index (Phi) is 2.58. The van der Waals surface area contributed by atoms with E-state index in [1.807, 2.05) is 4.90 Å². The smallest absolute Gasteiger partial charge is 0.245 e. The first-order valence-corrected chi connectivity index (χ1v) is 6.49. The van der Waals surface area contributed by atoms with E-state index >= 15 is 0 Å². The van der Waals surface area contributed by atoms with Crippen molar-refractivity contribution in [2.24, 2.45) is 5.92 Å². The van der Waals surface area contributed by atoms with E-state index in [4.69, 9.17) is 0 Å². The van der Waals surface area contributed by atoms with E-state index in [1.54, 1.807) is 0 Å². The number of amides is 2. The molecule has 17 heavy (non-hydrogen) atoms. The molecule has 3 unspecified atom stereocenters. The van der Waals surface area contributed by atoms with Crippen LogP contribution in [-0.2, 0) is 9.59 Å². The van der Waals surface area contributed by atoms with Crippen LogP contribution in [0, 0.1) is 5.92 Å². The van der Waals surface area contributed by atoms with Crippen LogP contribution in [0.15, 0.2) is 0 Å². The fourth-order valence-corrected chi connectivity index (χ4v) is 3.52. The van der Waals surface area contributed by atoms with Crippen LogP contribution in [0.2, 0.25) is 0 Å². The summed E-state index contributed by atoms with van der Waals surface area (Å²) in [5.41, 5.74) is 0. The molecule has 0 aromatic heterocycles. The zero-order valence-corrected chi connectivity index (χ0v) is 10.1. The molecule has 0 aromatic carbocycles. The largest absolute Gasteiger partial charge is 0.344 e. The number of hydrogen-bond acceptors (Lipinski definition) is 3. The number of carbonyl (C=O) groups excluding carboxylic acids is 2. The third kappa shape index (κ3) is 1.73. The van der Waals surface area contributed by atoms with Crippen LogP contribution in [0.4, 0.5) is 0 Å². The molecule has 0 saturated carbocycles. The van der Waals surface area contributed by atoms with Crippen LogP contribution in [0.1, 0.15) is 26.2 Å². The van der Waals surface area contributed by atoms with Gasteiger partial charge in [-0.25, -0.2) is 0 Å². The summed E-state index contributed by atoms with van der Waals surface area (Å²) >= 11 is 0. The van der Waals surface area contributed by atoms with E-state index in [0.717, 1.165) is 19.5 Å². The van der Waals surface area contributed by atoms with E-state index in [9.17, 15) is 9.59 Å². The Morgan fingerprint density at radius 3 is 2.94 bits per heavy atom. The Bertz CT molecular complexity index is 358. The minimum absolute atomic E-state index is 0.0105. The molecular formula is C12H19N3O2. The van der Waals surface area contributed by atoms with Gasteiger partial charge in [0.15, 0.2) is 0 Å². The maximum Gasteiger partial charge on any atom is 0.245 e. The van der Waals surface area contributed by atoms with E-state index in [2.05, 4.69) is 17.6 Å². The zero-order chi connectivity index (χ0) is 12.0. The van der Waals surface area contributed by atoms with Crippen molar-refractivity contribution in [2.75, 3.05) is 13.1 Å². The standard InChI is InChI=1S/C12H19N3O2/c1-7-4-8-5-13-6-10(8)15(7)12(17)9-2-3-11(16)14-9/h7-10,13H,2-6H2,1H3,(H,14,16)/t7?,8?,9-,10?/m1/s1. The van der Waals surface area contributed by atoms with Gasteiger partial charge in [0, 0.05) is 31.6 Å². The molecule has 3 heterocycles. The topological polar surface area (TPSA) is 61.4 Å². The summed E-state index contributed by atoms with van der Waals surface area (Å²) in [4.78, 5) is 25.6. The summed E-state index contributed by atoms with van der Waals surface area (Å²) in [5, 5.41) is 6.13. The summed E-state index contributed by atoms with van der Waals surface area (Å²) in [6.07, 6.45) is 2.24. The predicted octanol–water partition coefficient (Wildman–Crippen LogP) is -0.526. The van der Waals surface area contributed by atoms with Gasteiger partial charge in [0.25, 0.3) is 0 Å². The second-order valence-electron chi connectivity index (χ2n) is 5.47. The van der Waals surface area contributed by atoms with E-state index in [1.165, 1.54) is 0 Å². The lowest BCUT2D eigenvalue weighted by molar-refractivity contribution is -0.136. The van der Waals surface area contributed by atoms with Gasteiger partial charge in [0.05, 0.1) is 0 Å². The van der Waals surface area contributed by atoms with Crippen LogP contribution in [-0.4, -0.2) is 47.9 Å². The fourth-order valence-electron chi connectivity index (χ4n) is 3.52. The molecule has 0 spiro atoms. The molecule has 5 nitrogen and oxygen atoms in total. The van der Waals surface area contributed by atoms with Gasteiger partial charge >= 0.3 is 0 Å². The molecule has 4 atom stereocenters. The second kappa shape index (κ2) is 3.98. The summed E-state index contributed by atoms with van der Waals surface area (Å²) in [6.45, 7) is 4.05. The highest BCUT2D eigenvalue weighted by Gasteiger charge is 2.46. The molecule has 0 aliphatic carbocycles. The monoisotopic (exact) mass is 237 g/mol. The van der Waals surface area contributed by atoms with Gasteiger partial charge in [-0.2, -0.15) is 0 Å². The molecule has 0 bridgehead atoms. The van der Waals surface area contributed by atoms with E-state index in [-0.39, 0.29) is 17.9 Å². The first-order valence-electron chi connectivity index (χ1n) is 6.49. The van der Waals surface area contributed by atoms with Gasteiger partial charge < -0.3 is 15.5 Å². The van der Waals surface area contributed by atoms with E-state index in [0.29, 0.717) is 30.8 Å². The lowest BCUT2D eigenvalue weighted by Gasteiger charge is -2.30. The van der Waals surface area contributed by atoms with Crippen LogP contribution >= 0.6 is 0 Å².